The van der Waals surface area contributed by atoms with Gasteiger partial charge in [-0.15, -0.1) is 0 Å². The summed E-state index contributed by atoms with van der Waals surface area (Å²) in [7, 11) is 2.11. The number of nitrogens with zero attached hydrogens (tertiary/aromatic N) is 5. The monoisotopic (exact) mass is 788 g/mol. The number of nitrogens with one attached hydrogen (secondary N) is 1. The van der Waals surface area contributed by atoms with Crippen LogP contribution in [0.3, 0.4) is 0 Å². The van der Waals surface area contributed by atoms with Crippen molar-refractivity contribution < 1.29 is 19.0 Å². The Morgan fingerprint density at radius 3 is 2.51 bits per heavy atom. The van der Waals surface area contributed by atoms with Crippen molar-refractivity contribution in [1.82, 2.24) is 19.8 Å². The van der Waals surface area contributed by atoms with Gasteiger partial charge in [-0.25, -0.2) is 4.79 Å². The number of hydrogen-bond donors (Lipinski definition) is 1. The molecule has 0 radical (unpaired) electrons. The van der Waals surface area contributed by atoms with E-state index in [9.17, 15) is 4.79 Å². The largest absolute Gasteiger partial charge is 0.489 e. The number of likely N-dealkylation sites (N-methyl/N-ethyl adjacent to an activating group) is 1. The smallest absolute Gasteiger partial charge is 0.410 e. The predicted octanol–water partition coefficient (Wildman–Crippen LogP) is 7.20. The van der Waals surface area contributed by atoms with Crippen molar-refractivity contribution in [2.45, 2.75) is 45.3 Å². The Balaban J connectivity index is 1.45. The van der Waals surface area contributed by atoms with Crippen LogP contribution in [0.1, 0.15) is 33.6 Å². The molecule has 6 rings (SSSR count). The van der Waals surface area contributed by atoms with E-state index in [2.05, 4.69) is 44.8 Å². The molecule has 242 valence electrons. The lowest BCUT2D eigenvalue weighted by molar-refractivity contribution is 0.0240. The van der Waals surface area contributed by atoms with Crippen LogP contribution in [0.2, 0.25) is 15.1 Å². The maximum absolute atomic E-state index is 12.8. The van der Waals surface area contributed by atoms with E-state index in [-0.39, 0.29) is 18.1 Å². The van der Waals surface area contributed by atoms with Crippen molar-refractivity contribution in [2.24, 2.45) is 0 Å². The van der Waals surface area contributed by atoms with Gasteiger partial charge in [-0.2, -0.15) is 9.97 Å². The zero-order valence-electron chi connectivity index (χ0n) is 25.7. The van der Waals surface area contributed by atoms with Gasteiger partial charge in [0.25, 0.3) is 0 Å². The topological polar surface area (TPSA) is 92.3 Å². The molecule has 3 aliphatic heterocycles. The van der Waals surface area contributed by atoms with Gasteiger partial charge in [0.1, 0.15) is 30.1 Å². The number of benzene rings is 2. The number of anilines is 2. The van der Waals surface area contributed by atoms with Gasteiger partial charge >= 0.3 is 12.1 Å². The maximum atomic E-state index is 12.8. The molecule has 10 nitrogen and oxygen atoms in total. The van der Waals surface area contributed by atoms with Gasteiger partial charge in [0.05, 0.1) is 20.8 Å². The average molecular weight is 790 g/mol. The molecule has 4 heterocycles. The highest BCUT2D eigenvalue weighted by atomic mass is 127. The van der Waals surface area contributed by atoms with Crippen LogP contribution in [0.25, 0.3) is 22.0 Å². The highest BCUT2D eigenvalue weighted by molar-refractivity contribution is 14.1. The third kappa shape index (κ3) is 6.79. The van der Waals surface area contributed by atoms with Crippen molar-refractivity contribution in [1.29, 1.82) is 0 Å². The Morgan fingerprint density at radius 1 is 1.07 bits per heavy atom. The van der Waals surface area contributed by atoms with E-state index in [0.717, 1.165) is 39.6 Å². The van der Waals surface area contributed by atoms with Crippen LogP contribution in [0.15, 0.2) is 12.1 Å². The number of carbonyl (C=O) groups is 1. The van der Waals surface area contributed by atoms with Crippen molar-refractivity contribution in [3.63, 3.8) is 0 Å². The normalized spacial score (nSPS) is 18.9. The Hall–Kier alpha value is -2.19. The van der Waals surface area contributed by atoms with Crippen LogP contribution in [0.4, 0.5) is 16.3 Å². The van der Waals surface area contributed by atoms with E-state index >= 15 is 0 Å². The number of aromatic nitrogens is 2. The molecule has 1 amide bonds. The summed E-state index contributed by atoms with van der Waals surface area (Å²) < 4.78 is 19.1. The summed E-state index contributed by atoms with van der Waals surface area (Å²) in [4.78, 5) is 28.8. The summed E-state index contributed by atoms with van der Waals surface area (Å²) in [5.74, 6) is 1.20. The number of likely N-dealkylation sites (tertiary alicyclic amines) is 1. The molecule has 2 saturated heterocycles. The first kappa shape index (κ1) is 32.7. The molecular weight excluding hydrogens is 754 g/mol. The number of fused-ring (bicyclic) bond motifs is 5. The van der Waals surface area contributed by atoms with Crippen LogP contribution < -0.4 is 19.7 Å². The first-order valence-corrected chi connectivity index (χ1v) is 17.3. The number of halogens is 4. The van der Waals surface area contributed by atoms with Gasteiger partial charge in [-0.3, -0.25) is 0 Å². The molecule has 0 saturated carbocycles. The van der Waals surface area contributed by atoms with Crippen molar-refractivity contribution in [3.05, 3.63) is 30.8 Å². The molecule has 0 bridgehead atoms. The lowest BCUT2D eigenvalue weighted by Gasteiger charge is -2.36. The fraction of sp³-hybridized carbons (Fsp3) is 0.516. The molecule has 0 aliphatic carbocycles. The minimum absolute atomic E-state index is 0.264. The molecule has 1 N–H and O–H groups in total. The number of piperazine rings is 1. The number of ether oxygens (including phenoxy) is 3. The number of amides is 1. The van der Waals surface area contributed by atoms with E-state index in [1.807, 2.05) is 26.8 Å². The van der Waals surface area contributed by atoms with Gasteiger partial charge in [-0.1, -0.05) is 34.8 Å². The van der Waals surface area contributed by atoms with Gasteiger partial charge < -0.3 is 34.2 Å². The Bertz CT molecular complexity index is 1630. The SMILES string of the molecule is CN1CCC[C@H]1COc1nc(N2CCN(C(=O)OC(C)(C)C)CC2)c2cc(Cl)c3c(c2n1)OCCNc1c(Cl)cc(Cl)c(I)c1-3. The van der Waals surface area contributed by atoms with Crippen LogP contribution in [-0.2, 0) is 4.74 Å². The lowest BCUT2D eigenvalue weighted by Crippen LogP contribution is -2.50. The molecule has 14 heteroatoms. The first-order valence-electron chi connectivity index (χ1n) is 15.1. The number of hydrogen-bond acceptors (Lipinski definition) is 9. The molecule has 1 aromatic heterocycles. The highest BCUT2D eigenvalue weighted by Gasteiger charge is 2.31. The van der Waals surface area contributed by atoms with Crippen molar-refractivity contribution in [3.8, 4) is 22.9 Å². The second-order valence-corrected chi connectivity index (χ2v) is 14.8. The minimum Gasteiger partial charge on any atom is -0.489 e. The fourth-order valence-electron chi connectivity index (χ4n) is 5.97. The quantitative estimate of drug-likeness (QED) is 0.218. The van der Waals surface area contributed by atoms with Crippen molar-refractivity contribution in [2.75, 3.05) is 69.7 Å². The van der Waals surface area contributed by atoms with Gasteiger partial charge in [0, 0.05) is 58.8 Å². The van der Waals surface area contributed by atoms with E-state index < -0.39 is 5.60 Å². The molecule has 2 fully saturated rings. The summed E-state index contributed by atoms with van der Waals surface area (Å²) in [6, 6.07) is 4.16. The molecule has 0 spiro atoms. The molecule has 45 heavy (non-hydrogen) atoms. The molecule has 2 aromatic carbocycles. The second-order valence-electron chi connectivity index (χ2n) is 12.5. The average Bonchev–Trinajstić information content (AvgIpc) is 3.38. The third-order valence-electron chi connectivity index (χ3n) is 8.24. The standard InChI is InChI=1S/C31H36Cl3IN6O4/c1-31(2,3)45-30(42)41-11-9-40(10-12-41)28-18-14-19(32)22-23-24(35)20(33)15-21(34)26(23)36-7-13-43-27(22)25(18)37-29(38-28)44-16-17-6-5-8-39(17)4/h14-15,17,36H,5-13,16H2,1-4H3/t17-/m0/s1. The second kappa shape index (κ2) is 13.1. The van der Waals surface area contributed by atoms with Gasteiger partial charge in [-0.05, 0) is 81.9 Å². The zero-order chi connectivity index (χ0) is 32.0. The first-order chi connectivity index (χ1) is 21.4. The summed E-state index contributed by atoms with van der Waals surface area (Å²) >= 11 is 22.6. The number of carbonyl (C=O) groups excluding carboxylic acids is 1. The highest BCUT2D eigenvalue weighted by Crippen LogP contribution is 2.51. The van der Waals surface area contributed by atoms with Crippen LogP contribution in [0.5, 0.6) is 11.8 Å². The predicted molar refractivity (Wildman–Crippen MR) is 188 cm³/mol. The van der Waals surface area contributed by atoms with Gasteiger partial charge in [0.15, 0.2) is 5.75 Å². The maximum Gasteiger partial charge on any atom is 0.410 e. The van der Waals surface area contributed by atoms with E-state index in [4.69, 9.17) is 59.0 Å². The van der Waals surface area contributed by atoms with Gasteiger partial charge in [0.2, 0.25) is 0 Å². The minimum atomic E-state index is -0.565. The Morgan fingerprint density at radius 2 is 1.82 bits per heavy atom. The molecule has 0 unspecified atom stereocenters. The van der Waals surface area contributed by atoms with Crippen molar-refractivity contribution >= 4 is 85.9 Å². The fourth-order valence-corrected chi connectivity index (χ4v) is 7.48. The van der Waals surface area contributed by atoms with E-state index in [1.54, 1.807) is 11.0 Å². The van der Waals surface area contributed by atoms with E-state index in [1.165, 1.54) is 0 Å². The van der Waals surface area contributed by atoms with Crippen LogP contribution in [0, 0.1) is 3.57 Å². The third-order valence-corrected chi connectivity index (χ3v) is 10.6. The summed E-state index contributed by atoms with van der Waals surface area (Å²) in [6.07, 6.45) is 1.87. The zero-order valence-corrected chi connectivity index (χ0v) is 30.1. The summed E-state index contributed by atoms with van der Waals surface area (Å²) in [5.41, 5.74) is 2.18. The lowest BCUT2D eigenvalue weighted by atomic mass is 9.99. The summed E-state index contributed by atoms with van der Waals surface area (Å²) in [6.45, 7) is 10.0. The Kier molecular flexibility index (Phi) is 9.56. The molecule has 3 aromatic rings. The van der Waals surface area contributed by atoms with Crippen LogP contribution >= 0.6 is 57.4 Å². The van der Waals surface area contributed by atoms with Crippen LogP contribution in [-0.4, -0.2) is 97.0 Å². The van der Waals surface area contributed by atoms with E-state index in [0.29, 0.717) is 83.7 Å². The molecular formula is C31H36Cl3IN6O4. The number of rotatable bonds is 4. The Labute approximate surface area is 291 Å². The molecule has 3 aliphatic rings. The summed E-state index contributed by atoms with van der Waals surface area (Å²) in [5, 5.41) is 5.58. The molecule has 1 atom stereocenters.